The van der Waals surface area contributed by atoms with Gasteiger partial charge in [-0.2, -0.15) is 0 Å². The van der Waals surface area contributed by atoms with Crippen molar-refractivity contribution in [2.45, 2.75) is 26.8 Å². The molecule has 0 aliphatic rings. The summed E-state index contributed by atoms with van der Waals surface area (Å²) in [7, 11) is 0. The number of aryl methyl sites for hydroxylation is 2. The third-order valence-corrected chi connectivity index (χ3v) is 3.48. The highest BCUT2D eigenvalue weighted by atomic mass is 19.2. The first-order valence-electron chi connectivity index (χ1n) is 7.30. The zero-order valence-corrected chi connectivity index (χ0v) is 13.3. The second-order valence-electron chi connectivity index (χ2n) is 5.49. The van der Waals surface area contributed by atoms with Crippen molar-refractivity contribution in [3.63, 3.8) is 0 Å². The number of carboxylic acid groups (broad SMARTS) is 1. The molecule has 5 nitrogen and oxygen atoms in total. The Labute approximate surface area is 137 Å². The van der Waals surface area contributed by atoms with E-state index >= 15 is 0 Å². The van der Waals surface area contributed by atoms with E-state index in [4.69, 9.17) is 9.52 Å². The Bertz CT molecular complexity index is 770. The van der Waals surface area contributed by atoms with Gasteiger partial charge in [-0.05, 0) is 37.6 Å². The molecule has 0 bridgehead atoms. The van der Waals surface area contributed by atoms with Gasteiger partial charge in [-0.3, -0.25) is 9.59 Å². The van der Waals surface area contributed by atoms with Crippen molar-refractivity contribution in [2.75, 3.05) is 6.54 Å². The fraction of sp³-hybridized carbons (Fsp3) is 0.294. The first-order valence-corrected chi connectivity index (χ1v) is 7.30. The molecule has 0 saturated heterocycles. The molecule has 1 aromatic carbocycles. The maximum atomic E-state index is 13.3. The Morgan fingerprint density at radius 2 is 1.88 bits per heavy atom. The molecule has 0 radical (unpaired) electrons. The third-order valence-electron chi connectivity index (χ3n) is 3.48. The number of hydrogen-bond donors (Lipinski definition) is 1. The van der Waals surface area contributed by atoms with Crippen LogP contribution in [0.5, 0.6) is 0 Å². The summed E-state index contributed by atoms with van der Waals surface area (Å²) >= 11 is 0. The summed E-state index contributed by atoms with van der Waals surface area (Å²) in [4.78, 5) is 24.7. The predicted octanol–water partition coefficient (Wildman–Crippen LogP) is 3.29. The van der Waals surface area contributed by atoms with Gasteiger partial charge in [0.05, 0.1) is 6.42 Å². The van der Waals surface area contributed by atoms with Crippen LogP contribution in [-0.2, 0) is 11.3 Å². The van der Waals surface area contributed by atoms with Crippen LogP contribution in [0.2, 0.25) is 0 Å². The summed E-state index contributed by atoms with van der Waals surface area (Å²) in [5, 5.41) is 8.85. The van der Waals surface area contributed by atoms with E-state index in [0.717, 1.165) is 12.1 Å². The van der Waals surface area contributed by atoms with Crippen LogP contribution in [-0.4, -0.2) is 28.4 Å². The molecule has 0 fully saturated rings. The SMILES string of the molecule is Cc1cc(C)c(C(=O)N(CCC(=O)O)Cc2ccc(F)c(F)c2)o1. The number of amides is 1. The van der Waals surface area contributed by atoms with Crippen LogP contribution >= 0.6 is 0 Å². The molecule has 1 amide bonds. The molecule has 128 valence electrons. The molecule has 0 unspecified atom stereocenters. The molecule has 0 spiro atoms. The fourth-order valence-electron chi connectivity index (χ4n) is 2.34. The van der Waals surface area contributed by atoms with E-state index in [9.17, 15) is 18.4 Å². The largest absolute Gasteiger partial charge is 0.481 e. The molecule has 0 saturated carbocycles. The molecule has 1 aromatic heterocycles. The van der Waals surface area contributed by atoms with Gasteiger partial charge in [-0.15, -0.1) is 0 Å². The summed E-state index contributed by atoms with van der Waals surface area (Å²) in [6.07, 6.45) is -0.270. The lowest BCUT2D eigenvalue weighted by Crippen LogP contribution is -2.32. The van der Waals surface area contributed by atoms with Crippen LogP contribution in [0, 0.1) is 25.5 Å². The van der Waals surface area contributed by atoms with Gasteiger partial charge in [-0.25, -0.2) is 8.78 Å². The van der Waals surface area contributed by atoms with Gasteiger partial charge in [0.2, 0.25) is 0 Å². The van der Waals surface area contributed by atoms with Gasteiger partial charge in [0.15, 0.2) is 17.4 Å². The summed E-state index contributed by atoms with van der Waals surface area (Å²) in [6.45, 7) is 3.27. The molecule has 1 N–H and O–H groups in total. The maximum absolute atomic E-state index is 13.3. The molecular weight excluding hydrogens is 320 g/mol. The number of halogens is 2. The number of carbonyl (C=O) groups is 2. The van der Waals surface area contributed by atoms with Crippen LogP contribution in [0.1, 0.15) is 33.9 Å². The van der Waals surface area contributed by atoms with Crippen molar-refractivity contribution in [2.24, 2.45) is 0 Å². The minimum absolute atomic E-state index is 0.0531. The molecule has 0 aliphatic carbocycles. The highest BCUT2D eigenvalue weighted by Crippen LogP contribution is 2.18. The van der Waals surface area contributed by atoms with Gasteiger partial charge >= 0.3 is 5.97 Å². The van der Waals surface area contributed by atoms with Crippen LogP contribution in [0.3, 0.4) is 0 Å². The minimum atomic E-state index is -1.06. The minimum Gasteiger partial charge on any atom is -0.481 e. The summed E-state index contributed by atoms with van der Waals surface area (Å²) in [6, 6.07) is 4.99. The first-order chi connectivity index (χ1) is 11.3. The zero-order chi connectivity index (χ0) is 17.9. The highest BCUT2D eigenvalue weighted by Gasteiger charge is 2.22. The highest BCUT2D eigenvalue weighted by molar-refractivity contribution is 5.93. The molecule has 2 rings (SSSR count). The number of nitrogens with zero attached hydrogens (tertiary/aromatic N) is 1. The standard InChI is InChI=1S/C17H17F2NO4/c1-10-7-11(2)24-16(10)17(23)20(6-5-15(21)22)9-12-3-4-13(18)14(19)8-12/h3-4,7-8H,5-6,9H2,1-2H3,(H,21,22). The Morgan fingerprint density at radius 1 is 1.17 bits per heavy atom. The number of carboxylic acids is 1. The normalized spacial score (nSPS) is 10.7. The van der Waals surface area contributed by atoms with Gasteiger partial charge in [0.25, 0.3) is 5.91 Å². The smallest absolute Gasteiger partial charge is 0.305 e. The predicted molar refractivity (Wildman–Crippen MR) is 81.5 cm³/mol. The second-order valence-corrected chi connectivity index (χ2v) is 5.49. The lowest BCUT2D eigenvalue weighted by atomic mass is 10.1. The number of furan rings is 1. The van der Waals surface area contributed by atoms with E-state index in [1.165, 1.54) is 11.0 Å². The third kappa shape index (κ3) is 4.18. The summed E-state index contributed by atoms with van der Waals surface area (Å²) < 4.78 is 31.7. The maximum Gasteiger partial charge on any atom is 0.305 e. The first kappa shape index (κ1) is 17.7. The average Bonchev–Trinajstić information content (AvgIpc) is 2.85. The Hall–Kier alpha value is -2.70. The molecule has 2 aromatic rings. The van der Waals surface area contributed by atoms with Crippen molar-refractivity contribution in [1.82, 2.24) is 4.90 Å². The molecule has 1 heterocycles. The van der Waals surface area contributed by atoms with Crippen LogP contribution < -0.4 is 0 Å². The number of benzene rings is 1. The van der Waals surface area contributed by atoms with E-state index in [1.54, 1.807) is 19.9 Å². The van der Waals surface area contributed by atoms with Crippen LogP contribution in [0.4, 0.5) is 8.78 Å². The summed E-state index contributed by atoms with van der Waals surface area (Å²) in [5.74, 6) is -2.90. The second kappa shape index (κ2) is 7.25. The fourth-order valence-corrected chi connectivity index (χ4v) is 2.34. The van der Waals surface area contributed by atoms with Crippen molar-refractivity contribution in [3.8, 4) is 0 Å². The molecule has 7 heteroatoms. The molecular formula is C17H17F2NO4. The number of aliphatic carboxylic acids is 1. The van der Waals surface area contributed by atoms with E-state index in [0.29, 0.717) is 16.9 Å². The van der Waals surface area contributed by atoms with Crippen molar-refractivity contribution in [3.05, 3.63) is 58.5 Å². The lowest BCUT2D eigenvalue weighted by Gasteiger charge is -2.21. The number of carbonyl (C=O) groups excluding carboxylic acids is 1. The van der Waals surface area contributed by atoms with Crippen molar-refractivity contribution < 1.29 is 27.9 Å². The summed E-state index contributed by atoms with van der Waals surface area (Å²) in [5.41, 5.74) is 0.983. The Kier molecular flexibility index (Phi) is 5.33. The number of rotatable bonds is 6. The van der Waals surface area contributed by atoms with Crippen molar-refractivity contribution in [1.29, 1.82) is 0 Å². The molecule has 0 atom stereocenters. The van der Waals surface area contributed by atoms with Gasteiger partial charge in [0, 0.05) is 18.7 Å². The zero-order valence-electron chi connectivity index (χ0n) is 13.3. The van der Waals surface area contributed by atoms with Crippen molar-refractivity contribution >= 4 is 11.9 Å². The van der Waals surface area contributed by atoms with Gasteiger partial charge in [-0.1, -0.05) is 6.07 Å². The van der Waals surface area contributed by atoms with E-state index < -0.39 is 23.5 Å². The monoisotopic (exact) mass is 337 g/mol. The Balaban J connectivity index is 2.26. The Morgan fingerprint density at radius 3 is 2.42 bits per heavy atom. The van der Waals surface area contributed by atoms with Gasteiger partial charge in [0.1, 0.15) is 5.76 Å². The van der Waals surface area contributed by atoms with Crippen LogP contribution in [0.15, 0.2) is 28.7 Å². The number of hydrogen-bond acceptors (Lipinski definition) is 3. The quantitative estimate of drug-likeness (QED) is 0.878. The average molecular weight is 337 g/mol. The van der Waals surface area contributed by atoms with E-state index in [1.807, 2.05) is 0 Å². The molecule has 24 heavy (non-hydrogen) atoms. The van der Waals surface area contributed by atoms with Crippen LogP contribution in [0.25, 0.3) is 0 Å². The topological polar surface area (TPSA) is 70.8 Å². The van der Waals surface area contributed by atoms with Gasteiger partial charge < -0.3 is 14.4 Å². The lowest BCUT2D eigenvalue weighted by molar-refractivity contribution is -0.137. The van der Waals surface area contributed by atoms with E-state index in [-0.39, 0.29) is 25.3 Å². The molecule has 0 aliphatic heterocycles. The van der Waals surface area contributed by atoms with E-state index in [2.05, 4.69) is 0 Å².